The van der Waals surface area contributed by atoms with Crippen molar-refractivity contribution in [3.63, 3.8) is 0 Å². The Hall–Kier alpha value is -2.62. The summed E-state index contributed by atoms with van der Waals surface area (Å²) in [6.07, 6.45) is 1.56. The normalized spacial score (nSPS) is 10.8. The quantitative estimate of drug-likeness (QED) is 0.315. The molecule has 0 saturated carbocycles. The van der Waals surface area contributed by atoms with Gasteiger partial charge < -0.3 is 9.47 Å². The molecule has 0 amide bonds. The summed E-state index contributed by atoms with van der Waals surface area (Å²) in [5.41, 5.74) is 0.698. The number of fused-ring (bicyclic) bond motifs is 1. The molecule has 2 aromatic rings. The minimum absolute atomic E-state index is 0.0809. The van der Waals surface area contributed by atoms with Crippen molar-refractivity contribution in [2.45, 2.75) is 27.7 Å². The molecule has 0 aromatic heterocycles. The summed E-state index contributed by atoms with van der Waals surface area (Å²) >= 11 is 0. The average molecular weight is 354 g/mol. The van der Waals surface area contributed by atoms with E-state index in [1.165, 1.54) is 0 Å². The van der Waals surface area contributed by atoms with E-state index < -0.39 is 11.9 Å². The number of carbonyl (C=O) groups is 2. The zero-order chi connectivity index (χ0) is 19.1. The molecule has 4 heteroatoms. The molecule has 0 spiro atoms. The van der Waals surface area contributed by atoms with Crippen molar-refractivity contribution in [1.82, 2.24) is 0 Å². The summed E-state index contributed by atoms with van der Waals surface area (Å²) in [5, 5.41) is 1.99. The van der Waals surface area contributed by atoms with Crippen molar-refractivity contribution < 1.29 is 19.1 Å². The van der Waals surface area contributed by atoms with Gasteiger partial charge in [0.2, 0.25) is 0 Å². The van der Waals surface area contributed by atoms with Crippen molar-refractivity contribution >= 4 is 28.8 Å². The Labute approximate surface area is 154 Å². The minimum Gasteiger partial charge on any atom is -0.462 e. The second kappa shape index (κ2) is 9.18. The summed E-state index contributed by atoms with van der Waals surface area (Å²) in [7, 11) is 0. The van der Waals surface area contributed by atoms with E-state index in [1.54, 1.807) is 6.08 Å². The standard InChI is InChI=1S/C22H26O4/c1-15(2)13-25-21(23)20(22(24)26-14-16(3)4)12-18-10-7-9-17-8-5-6-11-19(17)18/h5-12,15-16H,13-14H2,1-4H3. The molecule has 4 nitrogen and oxygen atoms in total. The fraction of sp³-hybridized carbons (Fsp3) is 0.364. The van der Waals surface area contributed by atoms with Crippen molar-refractivity contribution in [2.75, 3.05) is 13.2 Å². The number of carbonyl (C=O) groups excluding carboxylic acids is 2. The molecule has 0 unspecified atom stereocenters. The highest BCUT2D eigenvalue weighted by molar-refractivity contribution is 6.18. The van der Waals surface area contributed by atoms with Gasteiger partial charge in [0.15, 0.2) is 0 Å². The van der Waals surface area contributed by atoms with Crippen molar-refractivity contribution in [3.8, 4) is 0 Å². The Bertz CT molecular complexity index is 771. The summed E-state index contributed by atoms with van der Waals surface area (Å²) in [4.78, 5) is 25.0. The Morgan fingerprint density at radius 2 is 1.38 bits per heavy atom. The lowest BCUT2D eigenvalue weighted by Gasteiger charge is -2.12. The van der Waals surface area contributed by atoms with Gasteiger partial charge in [-0.2, -0.15) is 0 Å². The Kier molecular flexibility index (Phi) is 6.96. The highest BCUT2D eigenvalue weighted by Crippen LogP contribution is 2.22. The SMILES string of the molecule is CC(C)COC(=O)C(=Cc1cccc2ccccc12)C(=O)OCC(C)C. The second-order valence-corrected chi connectivity index (χ2v) is 7.11. The fourth-order valence-corrected chi connectivity index (χ4v) is 2.37. The molecule has 2 aromatic carbocycles. The lowest BCUT2D eigenvalue weighted by atomic mass is 10.0. The van der Waals surface area contributed by atoms with E-state index in [4.69, 9.17) is 9.47 Å². The van der Waals surface area contributed by atoms with Crippen LogP contribution in [-0.2, 0) is 19.1 Å². The highest BCUT2D eigenvalue weighted by atomic mass is 16.6. The molecular weight excluding hydrogens is 328 g/mol. The lowest BCUT2D eigenvalue weighted by Crippen LogP contribution is -2.21. The smallest absolute Gasteiger partial charge is 0.345 e. The monoisotopic (exact) mass is 354 g/mol. The predicted molar refractivity (Wildman–Crippen MR) is 104 cm³/mol. The molecule has 138 valence electrons. The number of hydrogen-bond donors (Lipinski definition) is 0. The van der Waals surface area contributed by atoms with E-state index in [1.807, 2.05) is 70.2 Å². The molecule has 0 N–H and O–H groups in total. The van der Waals surface area contributed by atoms with Gasteiger partial charge >= 0.3 is 11.9 Å². The molecule has 0 saturated heterocycles. The Morgan fingerprint density at radius 1 is 0.846 bits per heavy atom. The van der Waals surface area contributed by atoms with Crippen LogP contribution in [0.1, 0.15) is 33.3 Å². The third-order valence-corrected chi connectivity index (χ3v) is 3.66. The summed E-state index contributed by atoms with van der Waals surface area (Å²) in [6.45, 7) is 8.28. The molecule has 0 atom stereocenters. The number of hydrogen-bond acceptors (Lipinski definition) is 4. The van der Waals surface area contributed by atoms with Crippen LogP contribution < -0.4 is 0 Å². The van der Waals surface area contributed by atoms with Gasteiger partial charge in [-0.1, -0.05) is 70.2 Å². The molecule has 0 heterocycles. The first-order valence-corrected chi connectivity index (χ1v) is 8.92. The Balaban J connectivity index is 2.39. The third kappa shape index (κ3) is 5.45. The topological polar surface area (TPSA) is 52.6 Å². The van der Waals surface area contributed by atoms with E-state index in [2.05, 4.69) is 0 Å². The van der Waals surface area contributed by atoms with Crippen LogP contribution in [0.2, 0.25) is 0 Å². The second-order valence-electron chi connectivity index (χ2n) is 7.11. The molecule has 26 heavy (non-hydrogen) atoms. The number of esters is 2. The minimum atomic E-state index is -0.652. The molecule has 0 aliphatic rings. The third-order valence-electron chi connectivity index (χ3n) is 3.66. The van der Waals surface area contributed by atoms with Crippen molar-refractivity contribution in [3.05, 3.63) is 53.6 Å². The predicted octanol–water partition coefficient (Wildman–Crippen LogP) is 4.62. The number of benzene rings is 2. The zero-order valence-electron chi connectivity index (χ0n) is 15.8. The van der Waals surface area contributed by atoms with E-state index >= 15 is 0 Å². The van der Waals surface area contributed by atoms with Gasteiger partial charge in [-0.05, 0) is 34.2 Å². The van der Waals surface area contributed by atoms with E-state index in [-0.39, 0.29) is 30.6 Å². The number of rotatable bonds is 7. The summed E-state index contributed by atoms with van der Waals surface area (Å²) < 4.78 is 10.5. The number of ether oxygens (including phenoxy) is 2. The van der Waals surface area contributed by atoms with Crippen molar-refractivity contribution in [1.29, 1.82) is 0 Å². The summed E-state index contributed by atoms with van der Waals surface area (Å²) in [5.74, 6) is -0.935. The van der Waals surface area contributed by atoms with Crippen LogP contribution >= 0.6 is 0 Å². The van der Waals surface area contributed by atoms with Gasteiger partial charge in [0.1, 0.15) is 5.57 Å². The van der Waals surface area contributed by atoms with Gasteiger partial charge in [-0.3, -0.25) is 0 Å². The van der Waals surface area contributed by atoms with Gasteiger partial charge in [0.05, 0.1) is 13.2 Å². The maximum atomic E-state index is 12.5. The zero-order valence-corrected chi connectivity index (χ0v) is 15.8. The molecule has 0 aliphatic carbocycles. The van der Waals surface area contributed by atoms with Crippen molar-refractivity contribution in [2.24, 2.45) is 11.8 Å². The summed E-state index contributed by atoms with van der Waals surface area (Å²) in [6, 6.07) is 13.6. The van der Waals surface area contributed by atoms with Crippen LogP contribution in [-0.4, -0.2) is 25.2 Å². The first-order valence-electron chi connectivity index (χ1n) is 8.92. The highest BCUT2D eigenvalue weighted by Gasteiger charge is 2.22. The van der Waals surface area contributed by atoms with Crippen LogP contribution in [0, 0.1) is 11.8 Å². The van der Waals surface area contributed by atoms with E-state index in [9.17, 15) is 9.59 Å². The molecule has 2 rings (SSSR count). The van der Waals surface area contributed by atoms with Crippen LogP contribution in [0.4, 0.5) is 0 Å². The maximum Gasteiger partial charge on any atom is 0.345 e. The largest absolute Gasteiger partial charge is 0.462 e. The Morgan fingerprint density at radius 3 is 1.96 bits per heavy atom. The van der Waals surface area contributed by atoms with Crippen LogP contribution in [0.3, 0.4) is 0 Å². The maximum absolute atomic E-state index is 12.5. The molecular formula is C22H26O4. The first kappa shape index (κ1) is 19.7. The first-order chi connectivity index (χ1) is 12.4. The van der Waals surface area contributed by atoms with Gasteiger partial charge in [0, 0.05) is 0 Å². The molecule has 0 aliphatic heterocycles. The van der Waals surface area contributed by atoms with Crippen LogP contribution in [0.25, 0.3) is 16.8 Å². The van der Waals surface area contributed by atoms with Gasteiger partial charge in [-0.25, -0.2) is 9.59 Å². The lowest BCUT2D eigenvalue weighted by molar-refractivity contribution is -0.148. The molecule has 0 radical (unpaired) electrons. The molecule has 0 bridgehead atoms. The van der Waals surface area contributed by atoms with E-state index in [0.29, 0.717) is 0 Å². The van der Waals surface area contributed by atoms with Crippen LogP contribution in [0.5, 0.6) is 0 Å². The van der Waals surface area contributed by atoms with E-state index in [0.717, 1.165) is 16.3 Å². The fourth-order valence-electron chi connectivity index (χ4n) is 2.37. The molecule has 0 fully saturated rings. The van der Waals surface area contributed by atoms with Gasteiger partial charge in [-0.15, -0.1) is 0 Å². The average Bonchev–Trinajstić information content (AvgIpc) is 2.62. The van der Waals surface area contributed by atoms with Crippen LogP contribution in [0.15, 0.2) is 48.0 Å². The van der Waals surface area contributed by atoms with Gasteiger partial charge in [0.25, 0.3) is 0 Å².